The second-order valence-corrected chi connectivity index (χ2v) is 3.99. The molecular formula is C13H18O2. The molecule has 2 heteroatoms. The molecule has 0 radical (unpaired) electrons. The minimum absolute atomic E-state index is 0.176. The highest BCUT2D eigenvalue weighted by Crippen LogP contribution is 2.22. The van der Waals surface area contributed by atoms with Gasteiger partial charge in [-0.2, -0.15) is 0 Å². The van der Waals surface area contributed by atoms with Crippen molar-refractivity contribution in [3.05, 3.63) is 33.9 Å². The fourth-order valence-corrected chi connectivity index (χ4v) is 1.83. The van der Waals surface area contributed by atoms with Gasteiger partial charge in [0.05, 0.1) is 13.5 Å². The molecule has 82 valence electrons. The van der Waals surface area contributed by atoms with Crippen LogP contribution in [-0.2, 0) is 16.0 Å². The molecule has 1 aromatic carbocycles. The summed E-state index contributed by atoms with van der Waals surface area (Å²) >= 11 is 0. The highest BCUT2D eigenvalue weighted by atomic mass is 16.5. The summed E-state index contributed by atoms with van der Waals surface area (Å²) in [5, 5.41) is 0. The van der Waals surface area contributed by atoms with E-state index in [4.69, 9.17) is 4.74 Å². The van der Waals surface area contributed by atoms with Crippen LogP contribution in [0.3, 0.4) is 0 Å². The molecule has 2 nitrogen and oxygen atoms in total. The zero-order valence-electron chi connectivity index (χ0n) is 10.1. The van der Waals surface area contributed by atoms with Crippen molar-refractivity contribution < 1.29 is 9.53 Å². The summed E-state index contributed by atoms with van der Waals surface area (Å²) in [5.74, 6) is -0.176. The van der Waals surface area contributed by atoms with Crippen LogP contribution in [-0.4, -0.2) is 13.1 Å². The van der Waals surface area contributed by atoms with E-state index in [-0.39, 0.29) is 5.97 Å². The fraction of sp³-hybridized carbons (Fsp3) is 0.462. The van der Waals surface area contributed by atoms with Crippen molar-refractivity contribution in [1.29, 1.82) is 0 Å². The number of aryl methyl sites for hydroxylation is 2. The molecule has 0 saturated heterocycles. The van der Waals surface area contributed by atoms with Gasteiger partial charge in [0.1, 0.15) is 0 Å². The maximum absolute atomic E-state index is 11.3. The van der Waals surface area contributed by atoms with Gasteiger partial charge in [0, 0.05) is 0 Å². The van der Waals surface area contributed by atoms with Gasteiger partial charge in [-0.15, -0.1) is 0 Å². The molecular weight excluding hydrogens is 188 g/mol. The van der Waals surface area contributed by atoms with Gasteiger partial charge in [0.2, 0.25) is 0 Å². The molecule has 15 heavy (non-hydrogen) atoms. The first kappa shape index (κ1) is 11.8. The van der Waals surface area contributed by atoms with Crippen molar-refractivity contribution >= 4 is 5.97 Å². The third-order valence-electron chi connectivity index (χ3n) is 3.06. The van der Waals surface area contributed by atoms with E-state index in [2.05, 4.69) is 26.8 Å². The average molecular weight is 206 g/mol. The summed E-state index contributed by atoms with van der Waals surface area (Å²) in [6, 6.07) is 2.13. The van der Waals surface area contributed by atoms with Gasteiger partial charge in [-0.1, -0.05) is 6.07 Å². The molecule has 0 aliphatic carbocycles. The first-order valence-corrected chi connectivity index (χ1v) is 5.10. The van der Waals surface area contributed by atoms with Crippen LogP contribution in [0.5, 0.6) is 0 Å². The summed E-state index contributed by atoms with van der Waals surface area (Å²) in [4.78, 5) is 11.3. The van der Waals surface area contributed by atoms with Crippen LogP contribution < -0.4 is 0 Å². The monoisotopic (exact) mass is 206 g/mol. The molecule has 0 saturated carbocycles. The van der Waals surface area contributed by atoms with Crippen molar-refractivity contribution in [2.24, 2.45) is 0 Å². The Balaban J connectivity index is 3.18. The van der Waals surface area contributed by atoms with Crippen LogP contribution in [0.2, 0.25) is 0 Å². The molecule has 0 aliphatic heterocycles. The quantitative estimate of drug-likeness (QED) is 0.695. The predicted molar refractivity (Wildman–Crippen MR) is 61.1 cm³/mol. The summed E-state index contributed by atoms with van der Waals surface area (Å²) in [6.07, 6.45) is 0.370. The number of carbonyl (C=O) groups is 1. The topological polar surface area (TPSA) is 26.3 Å². The molecule has 0 aliphatic rings. The zero-order valence-corrected chi connectivity index (χ0v) is 10.1. The third-order valence-corrected chi connectivity index (χ3v) is 3.06. The van der Waals surface area contributed by atoms with Crippen LogP contribution in [0.1, 0.15) is 27.8 Å². The minimum Gasteiger partial charge on any atom is -0.469 e. The molecule has 0 fully saturated rings. The van der Waals surface area contributed by atoms with Crippen LogP contribution in [0.25, 0.3) is 0 Å². The lowest BCUT2D eigenvalue weighted by molar-refractivity contribution is -0.139. The van der Waals surface area contributed by atoms with E-state index >= 15 is 0 Å². The summed E-state index contributed by atoms with van der Waals surface area (Å²) in [5.41, 5.74) is 6.02. The van der Waals surface area contributed by atoms with Gasteiger partial charge in [-0.25, -0.2) is 0 Å². The normalized spacial score (nSPS) is 10.2. The van der Waals surface area contributed by atoms with Gasteiger partial charge < -0.3 is 4.74 Å². The molecule has 1 aromatic rings. The number of hydrogen-bond acceptors (Lipinski definition) is 2. The Morgan fingerprint density at radius 2 is 1.73 bits per heavy atom. The Kier molecular flexibility index (Phi) is 3.51. The van der Waals surface area contributed by atoms with Gasteiger partial charge >= 0.3 is 5.97 Å². The van der Waals surface area contributed by atoms with Crippen LogP contribution in [0, 0.1) is 27.7 Å². The third kappa shape index (κ3) is 2.38. The van der Waals surface area contributed by atoms with E-state index in [1.165, 1.54) is 29.4 Å². The molecule has 0 bridgehead atoms. The van der Waals surface area contributed by atoms with Crippen LogP contribution in [0.4, 0.5) is 0 Å². The van der Waals surface area contributed by atoms with Gasteiger partial charge in [-0.3, -0.25) is 4.79 Å². The Morgan fingerprint density at radius 1 is 1.13 bits per heavy atom. The van der Waals surface area contributed by atoms with Gasteiger partial charge in [0.25, 0.3) is 0 Å². The van der Waals surface area contributed by atoms with E-state index in [0.29, 0.717) is 6.42 Å². The highest BCUT2D eigenvalue weighted by molar-refractivity contribution is 5.73. The van der Waals surface area contributed by atoms with E-state index < -0.39 is 0 Å². The van der Waals surface area contributed by atoms with E-state index in [9.17, 15) is 4.79 Å². The molecule has 0 heterocycles. The van der Waals surface area contributed by atoms with E-state index in [1.54, 1.807) is 0 Å². The lowest BCUT2D eigenvalue weighted by atomic mass is 9.93. The van der Waals surface area contributed by atoms with Crippen molar-refractivity contribution in [2.45, 2.75) is 34.1 Å². The Morgan fingerprint density at radius 3 is 2.27 bits per heavy atom. The van der Waals surface area contributed by atoms with E-state index in [1.807, 2.05) is 6.92 Å². The summed E-state index contributed by atoms with van der Waals surface area (Å²) in [7, 11) is 1.42. The fourth-order valence-electron chi connectivity index (χ4n) is 1.83. The first-order valence-electron chi connectivity index (χ1n) is 5.10. The molecule has 0 unspecified atom stereocenters. The maximum Gasteiger partial charge on any atom is 0.309 e. The van der Waals surface area contributed by atoms with Crippen molar-refractivity contribution in [2.75, 3.05) is 7.11 Å². The van der Waals surface area contributed by atoms with Crippen LogP contribution in [0.15, 0.2) is 6.07 Å². The number of benzene rings is 1. The molecule has 0 amide bonds. The molecule has 0 N–H and O–H groups in total. The molecule has 0 atom stereocenters. The highest BCUT2D eigenvalue weighted by Gasteiger charge is 2.11. The number of rotatable bonds is 2. The largest absolute Gasteiger partial charge is 0.469 e. The SMILES string of the molecule is COC(=O)Cc1c(C)cc(C)c(C)c1C. The number of esters is 1. The Bertz CT molecular complexity index is 392. The van der Waals surface area contributed by atoms with Gasteiger partial charge in [0.15, 0.2) is 0 Å². The van der Waals surface area contributed by atoms with Crippen molar-refractivity contribution in [3.8, 4) is 0 Å². The number of methoxy groups -OCH3 is 1. The smallest absolute Gasteiger partial charge is 0.309 e. The van der Waals surface area contributed by atoms with Crippen molar-refractivity contribution in [1.82, 2.24) is 0 Å². The first-order chi connectivity index (χ1) is 6.97. The Hall–Kier alpha value is -1.31. The summed E-state index contributed by atoms with van der Waals surface area (Å²) in [6.45, 7) is 8.29. The van der Waals surface area contributed by atoms with Crippen molar-refractivity contribution in [3.63, 3.8) is 0 Å². The Labute approximate surface area is 91.3 Å². The minimum atomic E-state index is -0.176. The van der Waals surface area contributed by atoms with Crippen LogP contribution >= 0.6 is 0 Å². The lowest BCUT2D eigenvalue weighted by Gasteiger charge is -2.13. The predicted octanol–water partition coefficient (Wildman–Crippen LogP) is 2.64. The number of ether oxygens (including phenoxy) is 1. The zero-order chi connectivity index (χ0) is 11.6. The number of hydrogen-bond donors (Lipinski definition) is 0. The second-order valence-electron chi connectivity index (χ2n) is 3.99. The molecule has 0 aromatic heterocycles. The molecule has 1 rings (SSSR count). The van der Waals surface area contributed by atoms with Gasteiger partial charge in [-0.05, 0) is 55.5 Å². The summed E-state index contributed by atoms with van der Waals surface area (Å²) < 4.78 is 4.70. The maximum atomic E-state index is 11.3. The number of carbonyl (C=O) groups excluding carboxylic acids is 1. The van der Waals surface area contributed by atoms with E-state index in [0.717, 1.165) is 5.56 Å². The lowest BCUT2D eigenvalue weighted by Crippen LogP contribution is -2.08. The average Bonchev–Trinajstić information content (AvgIpc) is 2.21. The second kappa shape index (κ2) is 4.47. The molecule has 0 spiro atoms. The standard InChI is InChI=1S/C13H18O2/c1-8-6-9(2)12(7-13(14)15-5)11(4)10(8)3/h6H,7H2,1-5H3.